The number of hydrogen-bond acceptors (Lipinski definition) is 6. The van der Waals surface area contributed by atoms with E-state index in [1.165, 1.54) is 17.6 Å². The molecule has 0 radical (unpaired) electrons. The quantitative estimate of drug-likeness (QED) is 0.273. The number of rotatable bonds is 7. The number of carbonyl (C=O) groups is 2. The van der Waals surface area contributed by atoms with E-state index < -0.39 is 11.9 Å². The predicted octanol–water partition coefficient (Wildman–Crippen LogP) is 4.15. The van der Waals surface area contributed by atoms with Crippen molar-refractivity contribution in [3.8, 4) is 11.5 Å². The number of ether oxygens (including phenoxy) is 2. The van der Waals surface area contributed by atoms with Gasteiger partial charge in [0, 0.05) is 5.02 Å². The van der Waals surface area contributed by atoms with Crippen molar-refractivity contribution < 1.29 is 19.1 Å². The van der Waals surface area contributed by atoms with Gasteiger partial charge in [-0.1, -0.05) is 23.7 Å². The Hall–Kier alpha value is -3.16. The summed E-state index contributed by atoms with van der Waals surface area (Å²) >= 11 is 7.16. The van der Waals surface area contributed by atoms with Crippen LogP contribution in [0.5, 0.6) is 11.5 Å². The molecule has 0 aliphatic rings. The van der Waals surface area contributed by atoms with Crippen molar-refractivity contribution in [2.24, 2.45) is 5.10 Å². The molecule has 3 rings (SSSR count). The zero-order valence-corrected chi connectivity index (χ0v) is 16.1. The van der Waals surface area contributed by atoms with Crippen LogP contribution in [-0.2, 0) is 4.79 Å². The second-order valence-electron chi connectivity index (χ2n) is 5.48. The fraction of sp³-hybridized carbons (Fsp3) is 0.0500. The minimum Gasteiger partial charge on any atom is -0.484 e. The molecule has 0 saturated carbocycles. The van der Waals surface area contributed by atoms with Crippen LogP contribution in [0.2, 0.25) is 5.02 Å². The van der Waals surface area contributed by atoms with Gasteiger partial charge in [-0.15, -0.1) is 11.3 Å². The Labute approximate surface area is 170 Å². The molecule has 142 valence electrons. The highest BCUT2D eigenvalue weighted by Gasteiger charge is 2.09. The number of thiophene rings is 1. The van der Waals surface area contributed by atoms with Gasteiger partial charge in [0.15, 0.2) is 6.61 Å². The summed E-state index contributed by atoms with van der Waals surface area (Å²) in [6, 6.07) is 17.0. The molecule has 0 spiro atoms. The van der Waals surface area contributed by atoms with E-state index >= 15 is 0 Å². The van der Waals surface area contributed by atoms with Crippen LogP contribution in [0.25, 0.3) is 0 Å². The number of esters is 1. The molecule has 0 saturated heterocycles. The summed E-state index contributed by atoms with van der Waals surface area (Å²) in [7, 11) is 0. The molecule has 1 aromatic heterocycles. The molecule has 0 atom stereocenters. The van der Waals surface area contributed by atoms with Crippen molar-refractivity contribution in [2.45, 2.75) is 0 Å². The molecule has 1 N–H and O–H groups in total. The standard InChI is InChI=1S/C20H15ClN2O4S/c21-15-3-1-4-17(11-15)26-13-19(24)23-22-12-14-6-8-16(9-7-14)27-20(25)18-5-2-10-28-18/h1-12H,13H2,(H,23,24). The smallest absolute Gasteiger partial charge is 0.353 e. The fourth-order valence-electron chi connectivity index (χ4n) is 2.09. The lowest BCUT2D eigenvalue weighted by Crippen LogP contribution is -2.24. The second-order valence-corrected chi connectivity index (χ2v) is 6.86. The van der Waals surface area contributed by atoms with Crippen molar-refractivity contribution in [1.82, 2.24) is 5.43 Å². The minimum atomic E-state index is -0.405. The van der Waals surface area contributed by atoms with Crippen LogP contribution in [0.15, 0.2) is 71.1 Å². The molecule has 8 heteroatoms. The SMILES string of the molecule is O=C(COc1cccc(Cl)c1)NN=Cc1ccc(OC(=O)c2cccs2)cc1. The van der Waals surface area contributed by atoms with E-state index in [-0.39, 0.29) is 6.61 Å². The van der Waals surface area contributed by atoms with Gasteiger partial charge in [0.2, 0.25) is 0 Å². The molecule has 0 unspecified atom stereocenters. The minimum absolute atomic E-state index is 0.185. The summed E-state index contributed by atoms with van der Waals surface area (Å²) in [5.41, 5.74) is 3.10. The topological polar surface area (TPSA) is 77.0 Å². The van der Waals surface area contributed by atoms with Gasteiger partial charge in [0.1, 0.15) is 16.4 Å². The Bertz CT molecular complexity index is 972. The Morgan fingerprint density at radius 1 is 1.07 bits per heavy atom. The van der Waals surface area contributed by atoms with Crippen molar-refractivity contribution >= 4 is 41.0 Å². The molecule has 6 nitrogen and oxygen atoms in total. The van der Waals surface area contributed by atoms with Crippen molar-refractivity contribution in [3.05, 3.63) is 81.5 Å². The van der Waals surface area contributed by atoms with E-state index in [9.17, 15) is 9.59 Å². The van der Waals surface area contributed by atoms with Crippen LogP contribution < -0.4 is 14.9 Å². The van der Waals surface area contributed by atoms with Gasteiger partial charge in [0.25, 0.3) is 5.91 Å². The lowest BCUT2D eigenvalue weighted by Gasteiger charge is -2.05. The maximum Gasteiger partial charge on any atom is 0.353 e. The highest BCUT2D eigenvalue weighted by atomic mass is 35.5. The number of nitrogens with zero attached hydrogens (tertiary/aromatic N) is 1. The number of hydrazone groups is 1. The van der Waals surface area contributed by atoms with Gasteiger partial charge >= 0.3 is 5.97 Å². The van der Waals surface area contributed by atoms with Gasteiger partial charge in [-0.25, -0.2) is 10.2 Å². The van der Waals surface area contributed by atoms with Crippen LogP contribution in [0.4, 0.5) is 0 Å². The highest BCUT2D eigenvalue weighted by molar-refractivity contribution is 7.12. The Kier molecular flexibility index (Phi) is 6.78. The summed E-state index contributed by atoms with van der Waals surface area (Å²) in [4.78, 5) is 24.2. The summed E-state index contributed by atoms with van der Waals surface area (Å²) < 4.78 is 10.6. The predicted molar refractivity (Wildman–Crippen MR) is 108 cm³/mol. The first-order chi connectivity index (χ1) is 13.6. The van der Waals surface area contributed by atoms with E-state index in [4.69, 9.17) is 21.1 Å². The molecule has 0 bridgehead atoms. The van der Waals surface area contributed by atoms with Crippen LogP contribution in [-0.4, -0.2) is 24.7 Å². The van der Waals surface area contributed by atoms with Gasteiger partial charge in [0.05, 0.1) is 6.21 Å². The third kappa shape index (κ3) is 5.94. The fourth-order valence-corrected chi connectivity index (χ4v) is 2.87. The molecule has 0 aliphatic carbocycles. The first kappa shape index (κ1) is 19.6. The van der Waals surface area contributed by atoms with E-state index in [2.05, 4.69) is 10.5 Å². The number of carbonyl (C=O) groups excluding carboxylic acids is 2. The van der Waals surface area contributed by atoms with E-state index in [1.807, 2.05) is 5.38 Å². The number of amides is 1. The third-order valence-electron chi connectivity index (χ3n) is 3.38. The lowest BCUT2D eigenvalue weighted by atomic mass is 10.2. The van der Waals surface area contributed by atoms with Gasteiger partial charge in [-0.3, -0.25) is 4.79 Å². The lowest BCUT2D eigenvalue weighted by molar-refractivity contribution is -0.123. The molecule has 1 amide bonds. The molecule has 0 aliphatic heterocycles. The molecule has 0 fully saturated rings. The summed E-state index contributed by atoms with van der Waals surface area (Å²) in [5, 5.41) is 6.20. The molecule has 3 aromatic rings. The van der Waals surface area contributed by atoms with Crippen molar-refractivity contribution in [3.63, 3.8) is 0 Å². The summed E-state index contributed by atoms with van der Waals surface area (Å²) in [5.74, 6) is 0.120. The van der Waals surface area contributed by atoms with Crippen LogP contribution in [0.1, 0.15) is 15.2 Å². The molecular weight excluding hydrogens is 400 g/mol. The number of halogens is 1. The van der Waals surface area contributed by atoms with Gasteiger partial charge in [-0.05, 0) is 59.5 Å². The van der Waals surface area contributed by atoms with E-state index in [0.717, 1.165) is 5.56 Å². The Morgan fingerprint density at radius 2 is 1.89 bits per heavy atom. The highest BCUT2D eigenvalue weighted by Crippen LogP contribution is 2.17. The molecular formula is C20H15ClN2O4S. The average molecular weight is 415 g/mol. The molecule has 1 heterocycles. The summed E-state index contributed by atoms with van der Waals surface area (Å²) in [6.45, 7) is -0.185. The second kappa shape index (κ2) is 9.68. The van der Waals surface area contributed by atoms with E-state index in [0.29, 0.717) is 21.4 Å². The third-order valence-corrected chi connectivity index (χ3v) is 4.47. The first-order valence-electron chi connectivity index (χ1n) is 8.16. The van der Waals surface area contributed by atoms with E-state index in [1.54, 1.807) is 60.7 Å². The molecule has 2 aromatic carbocycles. The van der Waals surface area contributed by atoms with Crippen LogP contribution in [0, 0.1) is 0 Å². The Balaban J connectivity index is 1.45. The largest absolute Gasteiger partial charge is 0.484 e. The maximum absolute atomic E-state index is 11.9. The zero-order chi connectivity index (χ0) is 19.8. The number of hydrogen-bond donors (Lipinski definition) is 1. The van der Waals surface area contributed by atoms with Crippen molar-refractivity contribution in [1.29, 1.82) is 0 Å². The molecule has 28 heavy (non-hydrogen) atoms. The number of nitrogens with one attached hydrogen (secondary N) is 1. The monoisotopic (exact) mass is 414 g/mol. The van der Waals surface area contributed by atoms with Gasteiger partial charge < -0.3 is 9.47 Å². The first-order valence-corrected chi connectivity index (χ1v) is 9.42. The zero-order valence-electron chi connectivity index (χ0n) is 14.5. The Morgan fingerprint density at radius 3 is 2.61 bits per heavy atom. The summed E-state index contributed by atoms with van der Waals surface area (Å²) in [6.07, 6.45) is 1.47. The maximum atomic E-state index is 11.9. The number of benzene rings is 2. The van der Waals surface area contributed by atoms with Crippen LogP contribution >= 0.6 is 22.9 Å². The van der Waals surface area contributed by atoms with Gasteiger partial charge in [-0.2, -0.15) is 5.10 Å². The normalized spacial score (nSPS) is 10.6. The van der Waals surface area contributed by atoms with Crippen molar-refractivity contribution in [2.75, 3.05) is 6.61 Å². The average Bonchev–Trinajstić information content (AvgIpc) is 3.23. The van der Waals surface area contributed by atoms with Crippen LogP contribution in [0.3, 0.4) is 0 Å².